The second kappa shape index (κ2) is 7.76. The van der Waals surface area contributed by atoms with Crippen molar-refractivity contribution in [2.24, 2.45) is 5.11 Å². The lowest BCUT2D eigenvalue weighted by molar-refractivity contribution is -0.138. The van der Waals surface area contributed by atoms with Crippen LogP contribution in [0, 0.1) is 0 Å². The number of ether oxygens (including phenoxy) is 2. The highest BCUT2D eigenvalue weighted by Crippen LogP contribution is 2.51. The van der Waals surface area contributed by atoms with E-state index in [-0.39, 0.29) is 36.1 Å². The molecule has 2 aliphatic heterocycles. The van der Waals surface area contributed by atoms with E-state index < -0.39 is 41.7 Å². The van der Waals surface area contributed by atoms with E-state index in [0.717, 1.165) is 24.3 Å². The molecule has 32 heavy (non-hydrogen) atoms. The molecular formula is C19H14F6N4O3. The maximum atomic E-state index is 13.2. The highest BCUT2D eigenvalue weighted by atomic mass is 19.4. The van der Waals surface area contributed by atoms with Crippen molar-refractivity contribution in [3.8, 4) is 11.5 Å². The SMILES string of the molecule is [N-]=[N+]=N[C@@H]1COC[C@H](N2c3ccc(C(F)(F)F)cc3Oc3cc(C(F)(F)F)ccc32)[C@H]1O. The molecule has 4 rings (SSSR count). The Kier molecular flexibility index (Phi) is 5.35. The third kappa shape index (κ3) is 3.90. The fourth-order valence-corrected chi connectivity index (χ4v) is 3.71. The average Bonchev–Trinajstić information content (AvgIpc) is 2.72. The van der Waals surface area contributed by atoms with Gasteiger partial charge in [-0.15, -0.1) is 0 Å². The molecule has 0 aliphatic carbocycles. The molecule has 0 unspecified atom stereocenters. The number of anilines is 2. The summed E-state index contributed by atoms with van der Waals surface area (Å²) in [7, 11) is 0. The van der Waals surface area contributed by atoms with E-state index in [1.54, 1.807) is 0 Å². The number of nitrogens with zero attached hydrogens (tertiary/aromatic N) is 4. The quantitative estimate of drug-likeness (QED) is 0.281. The van der Waals surface area contributed by atoms with Gasteiger partial charge in [-0.1, -0.05) is 5.11 Å². The van der Waals surface area contributed by atoms with E-state index >= 15 is 0 Å². The van der Waals surface area contributed by atoms with Crippen LogP contribution < -0.4 is 9.64 Å². The average molecular weight is 460 g/mol. The Labute approximate surface area is 176 Å². The van der Waals surface area contributed by atoms with Crippen LogP contribution in [0.25, 0.3) is 10.4 Å². The number of aliphatic hydroxyl groups is 1. The molecule has 0 saturated carbocycles. The first-order valence-corrected chi connectivity index (χ1v) is 9.20. The first-order valence-electron chi connectivity index (χ1n) is 9.20. The fourth-order valence-electron chi connectivity index (χ4n) is 3.71. The molecule has 0 amide bonds. The van der Waals surface area contributed by atoms with E-state index in [2.05, 4.69) is 10.0 Å². The van der Waals surface area contributed by atoms with Crippen molar-refractivity contribution in [2.45, 2.75) is 30.5 Å². The van der Waals surface area contributed by atoms with E-state index in [1.807, 2.05) is 0 Å². The molecule has 2 aliphatic rings. The van der Waals surface area contributed by atoms with E-state index in [1.165, 1.54) is 4.90 Å². The van der Waals surface area contributed by atoms with E-state index in [0.29, 0.717) is 12.1 Å². The molecule has 2 aromatic carbocycles. The largest absolute Gasteiger partial charge is 0.453 e. The van der Waals surface area contributed by atoms with Crippen LogP contribution in [0.4, 0.5) is 37.7 Å². The van der Waals surface area contributed by atoms with Crippen molar-refractivity contribution in [3.05, 3.63) is 58.0 Å². The zero-order valence-electron chi connectivity index (χ0n) is 15.9. The van der Waals surface area contributed by atoms with Crippen LogP contribution in [0.15, 0.2) is 41.5 Å². The minimum Gasteiger partial charge on any atom is -0.453 e. The summed E-state index contributed by atoms with van der Waals surface area (Å²) < 4.78 is 90.0. The molecule has 170 valence electrons. The van der Waals surface area contributed by atoms with Gasteiger partial charge in [-0.05, 0) is 41.9 Å². The van der Waals surface area contributed by atoms with Crippen LogP contribution in [0.1, 0.15) is 11.1 Å². The Balaban J connectivity index is 1.86. The van der Waals surface area contributed by atoms with Gasteiger partial charge in [0.05, 0.1) is 53.9 Å². The Morgan fingerprint density at radius 1 is 0.938 bits per heavy atom. The molecule has 0 radical (unpaired) electrons. The van der Waals surface area contributed by atoms with E-state index in [4.69, 9.17) is 15.0 Å². The van der Waals surface area contributed by atoms with Gasteiger partial charge in [-0.2, -0.15) is 26.3 Å². The summed E-state index contributed by atoms with van der Waals surface area (Å²) in [6.07, 6.45) is -10.7. The predicted molar refractivity (Wildman–Crippen MR) is 98.6 cm³/mol. The monoisotopic (exact) mass is 460 g/mol. The van der Waals surface area contributed by atoms with Crippen molar-refractivity contribution in [3.63, 3.8) is 0 Å². The third-order valence-electron chi connectivity index (χ3n) is 5.21. The lowest BCUT2D eigenvalue weighted by atomic mass is 9.97. The van der Waals surface area contributed by atoms with Gasteiger partial charge in [0.15, 0.2) is 11.5 Å². The van der Waals surface area contributed by atoms with Crippen molar-refractivity contribution in [1.82, 2.24) is 0 Å². The Bertz CT molecular complexity index is 1020. The number of azide groups is 1. The van der Waals surface area contributed by atoms with Gasteiger partial charge in [-0.3, -0.25) is 0 Å². The standard InChI is InChI=1S/C19H14F6N4O3/c20-18(21,22)9-1-3-12-15(5-9)32-16-6-10(19(23,24)25)2-4-13(16)29(12)14-8-31-7-11(17(14)30)27-28-26/h1-6,11,14,17,30H,7-8H2/t11-,14+,17+/m1/s1. The van der Waals surface area contributed by atoms with Crippen LogP contribution in [0.2, 0.25) is 0 Å². The number of hydrogen-bond donors (Lipinski definition) is 1. The molecular weight excluding hydrogens is 446 g/mol. The van der Waals surface area contributed by atoms with Crippen molar-refractivity contribution in [1.29, 1.82) is 0 Å². The molecule has 1 saturated heterocycles. The van der Waals surface area contributed by atoms with Gasteiger partial charge in [-0.25, -0.2) is 0 Å². The molecule has 1 fully saturated rings. The summed E-state index contributed by atoms with van der Waals surface area (Å²) in [4.78, 5) is 3.99. The van der Waals surface area contributed by atoms with Crippen molar-refractivity contribution >= 4 is 11.4 Å². The van der Waals surface area contributed by atoms with Gasteiger partial charge < -0.3 is 19.5 Å². The summed E-state index contributed by atoms with van der Waals surface area (Å²) in [6, 6.07) is 3.16. The Morgan fingerprint density at radius 3 is 1.94 bits per heavy atom. The molecule has 2 heterocycles. The number of aliphatic hydroxyl groups excluding tert-OH is 1. The number of rotatable bonds is 2. The number of alkyl halides is 6. The second-order valence-electron chi connectivity index (χ2n) is 7.20. The first-order chi connectivity index (χ1) is 15.0. The van der Waals surface area contributed by atoms with Crippen LogP contribution >= 0.6 is 0 Å². The molecule has 0 aromatic heterocycles. The summed E-state index contributed by atoms with van der Waals surface area (Å²) in [5, 5.41) is 14.2. The topological polar surface area (TPSA) is 90.7 Å². The summed E-state index contributed by atoms with van der Waals surface area (Å²) in [6.45, 7) is -0.217. The van der Waals surface area contributed by atoms with Gasteiger partial charge in [0.2, 0.25) is 0 Å². The minimum absolute atomic E-state index is 0.0829. The van der Waals surface area contributed by atoms with Gasteiger partial charge in [0.1, 0.15) is 0 Å². The maximum absolute atomic E-state index is 13.2. The highest BCUT2D eigenvalue weighted by molar-refractivity contribution is 5.79. The summed E-state index contributed by atoms with van der Waals surface area (Å²) in [5.74, 6) is -0.686. The van der Waals surface area contributed by atoms with Crippen LogP contribution in [0.5, 0.6) is 11.5 Å². The van der Waals surface area contributed by atoms with Crippen LogP contribution in [-0.4, -0.2) is 36.5 Å². The number of halogens is 6. The molecule has 7 nitrogen and oxygen atoms in total. The van der Waals surface area contributed by atoms with Crippen LogP contribution in [0.3, 0.4) is 0 Å². The molecule has 0 bridgehead atoms. The van der Waals surface area contributed by atoms with Gasteiger partial charge in [0.25, 0.3) is 0 Å². The summed E-state index contributed by atoms with van der Waals surface area (Å²) in [5.41, 5.74) is 6.76. The van der Waals surface area contributed by atoms with Crippen LogP contribution in [-0.2, 0) is 17.1 Å². The first kappa shape index (κ1) is 22.1. The number of hydrogen-bond acceptors (Lipinski definition) is 5. The molecule has 13 heteroatoms. The molecule has 2 aromatic rings. The smallest absolute Gasteiger partial charge is 0.416 e. The Hall–Kier alpha value is -3.15. The highest BCUT2D eigenvalue weighted by Gasteiger charge is 2.42. The molecule has 0 spiro atoms. The minimum atomic E-state index is -4.71. The van der Waals surface area contributed by atoms with Crippen molar-refractivity contribution < 1.29 is 40.9 Å². The second-order valence-corrected chi connectivity index (χ2v) is 7.20. The van der Waals surface area contributed by atoms with Gasteiger partial charge >= 0.3 is 12.4 Å². The zero-order valence-corrected chi connectivity index (χ0v) is 15.9. The molecule has 1 N–H and O–H groups in total. The summed E-state index contributed by atoms with van der Waals surface area (Å²) >= 11 is 0. The lowest BCUT2D eigenvalue weighted by Gasteiger charge is -2.43. The predicted octanol–water partition coefficient (Wildman–Crippen LogP) is 5.41. The normalized spacial score (nSPS) is 23.0. The van der Waals surface area contributed by atoms with Crippen molar-refractivity contribution in [2.75, 3.05) is 18.1 Å². The zero-order chi connectivity index (χ0) is 23.3. The van der Waals surface area contributed by atoms with E-state index in [9.17, 15) is 31.4 Å². The number of fused-ring (bicyclic) bond motifs is 2. The molecule has 3 atom stereocenters. The number of benzene rings is 2. The van der Waals surface area contributed by atoms with Gasteiger partial charge in [0, 0.05) is 4.91 Å². The Morgan fingerprint density at radius 2 is 1.47 bits per heavy atom. The third-order valence-corrected chi connectivity index (χ3v) is 5.21. The maximum Gasteiger partial charge on any atom is 0.416 e. The lowest BCUT2D eigenvalue weighted by Crippen LogP contribution is -2.54. The fraction of sp³-hybridized carbons (Fsp3) is 0.368.